The van der Waals surface area contributed by atoms with E-state index in [2.05, 4.69) is 9.97 Å². The molecule has 4 nitrogen and oxygen atoms in total. The van der Waals surface area contributed by atoms with Gasteiger partial charge in [0.1, 0.15) is 17.2 Å². The van der Waals surface area contributed by atoms with Crippen LogP contribution in [0.15, 0.2) is 48.5 Å². The van der Waals surface area contributed by atoms with Crippen LogP contribution in [-0.4, -0.2) is 22.5 Å². The lowest BCUT2D eigenvalue weighted by molar-refractivity contribution is 0.0523. The van der Waals surface area contributed by atoms with Crippen LogP contribution in [-0.2, 0) is 11.2 Å². The Morgan fingerprint density at radius 1 is 1.00 bits per heavy atom. The maximum Gasteiger partial charge on any atom is 0.341 e. The minimum Gasteiger partial charge on any atom is -0.462 e. The van der Waals surface area contributed by atoms with Gasteiger partial charge < -0.3 is 4.74 Å². The second kappa shape index (κ2) is 8.03. The SMILES string of the molecule is CCOC(=O)c1c(C)nc(-c2c(F)cccc2F)nc1Cc1ccccc1. The quantitative estimate of drug-likeness (QED) is 0.623. The molecular formula is C21H18F2N2O2. The van der Waals surface area contributed by atoms with Crippen molar-refractivity contribution in [2.45, 2.75) is 20.3 Å². The molecule has 0 bridgehead atoms. The molecule has 1 heterocycles. The van der Waals surface area contributed by atoms with E-state index in [9.17, 15) is 13.6 Å². The highest BCUT2D eigenvalue weighted by Crippen LogP contribution is 2.26. The molecule has 0 amide bonds. The lowest BCUT2D eigenvalue weighted by atomic mass is 10.0. The van der Waals surface area contributed by atoms with Crippen LogP contribution in [0, 0.1) is 18.6 Å². The summed E-state index contributed by atoms with van der Waals surface area (Å²) >= 11 is 0. The molecule has 1 aromatic heterocycles. The molecule has 0 fully saturated rings. The molecule has 0 radical (unpaired) electrons. The number of halogens is 2. The number of hydrogen-bond donors (Lipinski definition) is 0. The van der Waals surface area contributed by atoms with E-state index in [1.54, 1.807) is 13.8 Å². The van der Waals surface area contributed by atoms with E-state index in [1.165, 1.54) is 6.07 Å². The molecule has 0 saturated carbocycles. The normalized spacial score (nSPS) is 10.7. The van der Waals surface area contributed by atoms with Crippen molar-refractivity contribution in [1.82, 2.24) is 9.97 Å². The van der Waals surface area contributed by atoms with Gasteiger partial charge in [0.2, 0.25) is 0 Å². The molecule has 0 atom stereocenters. The van der Waals surface area contributed by atoms with Gasteiger partial charge in [0.25, 0.3) is 0 Å². The Labute approximate surface area is 155 Å². The Morgan fingerprint density at radius 2 is 1.67 bits per heavy atom. The molecular weight excluding hydrogens is 350 g/mol. The molecule has 2 aromatic carbocycles. The van der Waals surface area contributed by atoms with Crippen molar-refractivity contribution in [3.8, 4) is 11.4 Å². The van der Waals surface area contributed by atoms with Crippen LogP contribution in [0.3, 0.4) is 0 Å². The Bertz CT molecular complexity index is 955. The summed E-state index contributed by atoms with van der Waals surface area (Å²) in [5.41, 5.74) is 1.49. The van der Waals surface area contributed by atoms with Gasteiger partial charge in [-0.2, -0.15) is 0 Å². The van der Waals surface area contributed by atoms with Crippen LogP contribution in [0.1, 0.15) is 34.2 Å². The van der Waals surface area contributed by atoms with Crippen molar-refractivity contribution < 1.29 is 18.3 Å². The van der Waals surface area contributed by atoms with Crippen LogP contribution in [0.2, 0.25) is 0 Å². The summed E-state index contributed by atoms with van der Waals surface area (Å²) in [6.45, 7) is 3.51. The van der Waals surface area contributed by atoms with E-state index >= 15 is 0 Å². The maximum atomic E-state index is 14.2. The number of nitrogens with zero attached hydrogens (tertiary/aromatic N) is 2. The summed E-state index contributed by atoms with van der Waals surface area (Å²) in [5, 5.41) is 0. The highest BCUT2D eigenvalue weighted by Gasteiger charge is 2.23. The fourth-order valence-electron chi connectivity index (χ4n) is 2.84. The molecule has 0 aliphatic heterocycles. The van der Waals surface area contributed by atoms with E-state index in [-0.39, 0.29) is 23.6 Å². The average molecular weight is 368 g/mol. The molecule has 0 aliphatic rings. The van der Waals surface area contributed by atoms with Crippen molar-refractivity contribution in [1.29, 1.82) is 0 Å². The zero-order chi connectivity index (χ0) is 19.4. The van der Waals surface area contributed by atoms with Gasteiger partial charge in [-0.3, -0.25) is 0 Å². The number of carbonyl (C=O) groups is 1. The summed E-state index contributed by atoms with van der Waals surface area (Å²) < 4.78 is 33.5. The third kappa shape index (κ3) is 4.00. The molecule has 27 heavy (non-hydrogen) atoms. The van der Waals surface area contributed by atoms with E-state index in [0.717, 1.165) is 17.7 Å². The molecule has 0 aliphatic carbocycles. The van der Waals surface area contributed by atoms with Crippen LogP contribution in [0.4, 0.5) is 8.78 Å². The minimum atomic E-state index is -0.760. The number of carbonyl (C=O) groups excluding carboxylic acids is 1. The Balaban J connectivity index is 2.17. The number of benzene rings is 2. The van der Waals surface area contributed by atoms with Crippen LogP contribution in [0.5, 0.6) is 0 Å². The summed E-state index contributed by atoms with van der Waals surface area (Å²) in [7, 11) is 0. The third-order valence-corrected chi connectivity index (χ3v) is 4.05. The van der Waals surface area contributed by atoms with Crippen LogP contribution in [0.25, 0.3) is 11.4 Å². The first kappa shape index (κ1) is 18.6. The predicted molar refractivity (Wildman–Crippen MR) is 97.3 cm³/mol. The van der Waals surface area contributed by atoms with Gasteiger partial charge in [-0.05, 0) is 31.5 Å². The topological polar surface area (TPSA) is 52.1 Å². The van der Waals surface area contributed by atoms with Crippen molar-refractivity contribution in [2.24, 2.45) is 0 Å². The summed E-state index contributed by atoms with van der Waals surface area (Å²) in [6, 6.07) is 12.9. The molecule has 0 N–H and O–H groups in total. The van der Waals surface area contributed by atoms with Crippen LogP contribution >= 0.6 is 0 Å². The standard InChI is InChI=1S/C21H18F2N2O2/c1-3-27-21(26)18-13(2)24-20(19-15(22)10-7-11-16(19)23)25-17(18)12-14-8-5-4-6-9-14/h4-11H,3,12H2,1-2H3. The number of esters is 1. The van der Waals surface area contributed by atoms with Gasteiger partial charge in [0, 0.05) is 6.42 Å². The molecule has 0 unspecified atom stereocenters. The summed E-state index contributed by atoms with van der Waals surface area (Å²) in [5.74, 6) is -2.17. The number of aryl methyl sites for hydroxylation is 1. The zero-order valence-corrected chi connectivity index (χ0v) is 15.0. The van der Waals surface area contributed by atoms with E-state index in [0.29, 0.717) is 17.8 Å². The van der Waals surface area contributed by atoms with Gasteiger partial charge >= 0.3 is 5.97 Å². The first-order chi connectivity index (χ1) is 13.0. The lowest BCUT2D eigenvalue weighted by Crippen LogP contribution is -2.15. The molecule has 3 aromatic rings. The molecule has 3 rings (SSSR count). The first-order valence-corrected chi connectivity index (χ1v) is 8.54. The number of rotatable bonds is 5. The van der Waals surface area contributed by atoms with Gasteiger partial charge in [-0.1, -0.05) is 36.4 Å². The summed E-state index contributed by atoms with van der Waals surface area (Å²) in [6.07, 6.45) is 0.307. The van der Waals surface area contributed by atoms with E-state index in [4.69, 9.17) is 4.74 Å². The Hall–Kier alpha value is -3.15. The van der Waals surface area contributed by atoms with Crippen molar-refractivity contribution in [2.75, 3.05) is 6.61 Å². The smallest absolute Gasteiger partial charge is 0.341 e. The van der Waals surface area contributed by atoms with E-state index < -0.39 is 17.6 Å². The zero-order valence-electron chi connectivity index (χ0n) is 15.0. The van der Waals surface area contributed by atoms with Gasteiger partial charge in [0.05, 0.1) is 23.6 Å². The van der Waals surface area contributed by atoms with Crippen molar-refractivity contribution in [3.05, 3.63) is 82.7 Å². The van der Waals surface area contributed by atoms with Gasteiger partial charge in [-0.25, -0.2) is 23.5 Å². The highest BCUT2D eigenvalue weighted by atomic mass is 19.1. The monoisotopic (exact) mass is 368 g/mol. The molecule has 6 heteroatoms. The Kier molecular flexibility index (Phi) is 5.54. The second-order valence-electron chi connectivity index (χ2n) is 5.93. The lowest BCUT2D eigenvalue weighted by Gasteiger charge is -2.13. The minimum absolute atomic E-state index is 0.0953. The van der Waals surface area contributed by atoms with Gasteiger partial charge in [0.15, 0.2) is 5.82 Å². The number of ether oxygens (including phenoxy) is 1. The summed E-state index contributed by atoms with van der Waals surface area (Å²) in [4.78, 5) is 20.9. The fourth-order valence-corrected chi connectivity index (χ4v) is 2.84. The molecule has 0 saturated heterocycles. The largest absolute Gasteiger partial charge is 0.462 e. The van der Waals surface area contributed by atoms with E-state index in [1.807, 2.05) is 30.3 Å². The van der Waals surface area contributed by atoms with Crippen molar-refractivity contribution in [3.63, 3.8) is 0 Å². The fraction of sp³-hybridized carbons (Fsp3) is 0.190. The first-order valence-electron chi connectivity index (χ1n) is 8.54. The maximum absolute atomic E-state index is 14.2. The molecule has 138 valence electrons. The van der Waals surface area contributed by atoms with Gasteiger partial charge in [-0.15, -0.1) is 0 Å². The molecule has 0 spiro atoms. The number of aromatic nitrogens is 2. The Morgan fingerprint density at radius 3 is 2.30 bits per heavy atom. The van der Waals surface area contributed by atoms with Crippen molar-refractivity contribution >= 4 is 5.97 Å². The second-order valence-corrected chi connectivity index (χ2v) is 5.93. The number of hydrogen-bond acceptors (Lipinski definition) is 4. The third-order valence-electron chi connectivity index (χ3n) is 4.05. The highest BCUT2D eigenvalue weighted by molar-refractivity contribution is 5.92. The van der Waals surface area contributed by atoms with Crippen LogP contribution < -0.4 is 0 Å². The average Bonchev–Trinajstić information content (AvgIpc) is 2.62. The predicted octanol–water partition coefficient (Wildman–Crippen LogP) is 4.50.